The van der Waals surface area contributed by atoms with Gasteiger partial charge in [0.15, 0.2) is 0 Å². The van der Waals surface area contributed by atoms with E-state index in [9.17, 15) is 4.79 Å². The second kappa shape index (κ2) is 7.37. The number of nitrogens with zero attached hydrogens (tertiary/aromatic N) is 3. The number of rotatable bonds is 6. The molecule has 2 aromatic rings. The number of hydrogen-bond acceptors (Lipinski definition) is 5. The zero-order chi connectivity index (χ0) is 17.0. The summed E-state index contributed by atoms with van der Waals surface area (Å²) in [5.74, 6) is 0.977. The van der Waals surface area contributed by atoms with E-state index >= 15 is 0 Å². The summed E-state index contributed by atoms with van der Waals surface area (Å²) in [6, 6.07) is 7.91. The molecule has 1 aromatic heterocycles. The summed E-state index contributed by atoms with van der Waals surface area (Å²) in [4.78, 5) is 13.7. The van der Waals surface area contributed by atoms with Crippen molar-refractivity contribution in [3.63, 3.8) is 0 Å². The molecule has 1 N–H and O–H groups in total. The Bertz CT molecular complexity index is 666. The van der Waals surface area contributed by atoms with Crippen LogP contribution in [0.1, 0.15) is 38.3 Å². The first kappa shape index (κ1) is 17.1. The zero-order valence-corrected chi connectivity index (χ0v) is 14.3. The standard InChI is InChI=1S/C17H24N4O2/c1-11(2)18-15(22)10-21(5)13(4)16-19-20-17(23-16)14-8-6-7-12(3)9-14/h6-9,11,13H,10H2,1-5H3,(H,18,22)/t13-/m1/s1. The third-order valence-electron chi connectivity index (χ3n) is 3.57. The summed E-state index contributed by atoms with van der Waals surface area (Å²) in [7, 11) is 1.86. The molecule has 124 valence electrons. The van der Waals surface area contributed by atoms with Gasteiger partial charge in [0.2, 0.25) is 17.7 Å². The summed E-state index contributed by atoms with van der Waals surface area (Å²) >= 11 is 0. The van der Waals surface area contributed by atoms with Gasteiger partial charge in [-0.05, 0) is 46.9 Å². The minimum atomic E-state index is -0.140. The molecule has 0 bridgehead atoms. The Labute approximate surface area is 136 Å². The lowest BCUT2D eigenvalue weighted by atomic mass is 10.1. The molecule has 1 heterocycles. The average Bonchev–Trinajstić information content (AvgIpc) is 2.95. The van der Waals surface area contributed by atoms with Crippen LogP contribution in [0.2, 0.25) is 0 Å². The number of amides is 1. The van der Waals surface area contributed by atoms with Gasteiger partial charge in [0, 0.05) is 11.6 Å². The van der Waals surface area contributed by atoms with Crippen LogP contribution < -0.4 is 5.32 Å². The fourth-order valence-corrected chi connectivity index (χ4v) is 2.22. The van der Waals surface area contributed by atoms with Crippen molar-refractivity contribution in [1.82, 2.24) is 20.4 Å². The van der Waals surface area contributed by atoms with Crippen LogP contribution in [0.3, 0.4) is 0 Å². The molecule has 23 heavy (non-hydrogen) atoms. The first-order chi connectivity index (χ1) is 10.9. The number of carbonyl (C=O) groups excluding carboxylic acids is 1. The maximum atomic E-state index is 11.8. The van der Waals surface area contributed by atoms with Gasteiger partial charge < -0.3 is 9.73 Å². The molecule has 0 saturated carbocycles. The van der Waals surface area contributed by atoms with Gasteiger partial charge in [-0.25, -0.2) is 0 Å². The maximum absolute atomic E-state index is 11.8. The van der Waals surface area contributed by atoms with Crippen molar-refractivity contribution in [2.75, 3.05) is 13.6 Å². The van der Waals surface area contributed by atoms with E-state index in [-0.39, 0.29) is 24.5 Å². The number of aromatic nitrogens is 2. The third kappa shape index (κ3) is 4.63. The summed E-state index contributed by atoms with van der Waals surface area (Å²) < 4.78 is 5.77. The minimum Gasteiger partial charge on any atom is -0.419 e. The Kier molecular flexibility index (Phi) is 5.50. The van der Waals surface area contributed by atoms with Crippen LogP contribution in [0, 0.1) is 6.92 Å². The Morgan fingerprint density at radius 1 is 1.30 bits per heavy atom. The molecule has 6 heteroatoms. The van der Waals surface area contributed by atoms with E-state index in [4.69, 9.17) is 4.42 Å². The molecule has 0 saturated heterocycles. The topological polar surface area (TPSA) is 71.3 Å². The quantitative estimate of drug-likeness (QED) is 0.887. The fourth-order valence-electron chi connectivity index (χ4n) is 2.22. The number of nitrogens with one attached hydrogen (secondary N) is 1. The molecule has 0 spiro atoms. The molecule has 0 aliphatic rings. The minimum absolute atomic E-state index is 0.0206. The molecule has 1 atom stereocenters. The average molecular weight is 316 g/mol. The van der Waals surface area contributed by atoms with Gasteiger partial charge in [0.1, 0.15) is 0 Å². The van der Waals surface area contributed by atoms with Crippen molar-refractivity contribution in [3.8, 4) is 11.5 Å². The number of likely N-dealkylation sites (N-methyl/N-ethyl adjacent to an activating group) is 1. The lowest BCUT2D eigenvalue weighted by Crippen LogP contribution is -2.39. The van der Waals surface area contributed by atoms with Gasteiger partial charge in [-0.1, -0.05) is 17.7 Å². The van der Waals surface area contributed by atoms with Gasteiger partial charge in [0.25, 0.3) is 0 Å². The van der Waals surface area contributed by atoms with Crippen molar-refractivity contribution in [3.05, 3.63) is 35.7 Å². The molecule has 0 aliphatic heterocycles. The van der Waals surface area contributed by atoms with Crippen LogP contribution in [0.5, 0.6) is 0 Å². The van der Waals surface area contributed by atoms with Crippen molar-refractivity contribution in [2.45, 2.75) is 39.8 Å². The van der Waals surface area contributed by atoms with Crippen molar-refractivity contribution < 1.29 is 9.21 Å². The van der Waals surface area contributed by atoms with Gasteiger partial charge >= 0.3 is 0 Å². The van der Waals surface area contributed by atoms with E-state index in [1.807, 2.05) is 63.9 Å². The summed E-state index contributed by atoms with van der Waals surface area (Å²) in [5, 5.41) is 11.1. The molecule has 1 aromatic carbocycles. The first-order valence-electron chi connectivity index (χ1n) is 7.77. The Balaban J connectivity index is 2.06. The lowest BCUT2D eigenvalue weighted by molar-refractivity contribution is -0.122. The molecule has 1 amide bonds. The van der Waals surface area contributed by atoms with Gasteiger partial charge in [-0.3, -0.25) is 9.69 Å². The number of hydrogen-bond donors (Lipinski definition) is 1. The number of benzene rings is 1. The number of carbonyl (C=O) groups is 1. The Hall–Kier alpha value is -2.21. The van der Waals surface area contributed by atoms with Crippen LogP contribution in [-0.2, 0) is 4.79 Å². The van der Waals surface area contributed by atoms with Crippen LogP contribution in [0.4, 0.5) is 0 Å². The van der Waals surface area contributed by atoms with Gasteiger partial charge in [-0.15, -0.1) is 10.2 Å². The van der Waals surface area contributed by atoms with E-state index in [0.717, 1.165) is 11.1 Å². The highest BCUT2D eigenvalue weighted by Crippen LogP contribution is 2.23. The van der Waals surface area contributed by atoms with Gasteiger partial charge in [0.05, 0.1) is 12.6 Å². The van der Waals surface area contributed by atoms with E-state index in [1.165, 1.54) is 0 Å². The molecule has 2 rings (SSSR count). The van der Waals surface area contributed by atoms with Crippen LogP contribution in [0.25, 0.3) is 11.5 Å². The first-order valence-corrected chi connectivity index (χ1v) is 7.77. The highest BCUT2D eigenvalue weighted by Gasteiger charge is 2.21. The zero-order valence-electron chi connectivity index (χ0n) is 14.3. The van der Waals surface area contributed by atoms with Crippen molar-refractivity contribution in [2.24, 2.45) is 0 Å². The number of aryl methyl sites for hydroxylation is 1. The monoisotopic (exact) mass is 316 g/mol. The molecule has 6 nitrogen and oxygen atoms in total. The lowest BCUT2D eigenvalue weighted by Gasteiger charge is -2.21. The van der Waals surface area contributed by atoms with Gasteiger partial charge in [-0.2, -0.15) is 0 Å². The fraction of sp³-hybridized carbons (Fsp3) is 0.471. The second-order valence-corrected chi connectivity index (χ2v) is 6.13. The molecular weight excluding hydrogens is 292 g/mol. The molecule has 0 aliphatic carbocycles. The third-order valence-corrected chi connectivity index (χ3v) is 3.57. The van der Waals surface area contributed by atoms with Crippen LogP contribution >= 0.6 is 0 Å². The van der Waals surface area contributed by atoms with Crippen LogP contribution in [0.15, 0.2) is 28.7 Å². The highest BCUT2D eigenvalue weighted by molar-refractivity contribution is 5.78. The second-order valence-electron chi connectivity index (χ2n) is 6.13. The summed E-state index contributed by atoms with van der Waals surface area (Å²) in [5.41, 5.74) is 2.04. The van der Waals surface area contributed by atoms with E-state index in [1.54, 1.807) is 0 Å². The Morgan fingerprint density at radius 3 is 2.70 bits per heavy atom. The molecule has 0 radical (unpaired) electrons. The van der Waals surface area contributed by atoms with Crippen LogP contribution in [-0.4, -0.2) is 40.6 Å². The largest absolute Gasteiger partial charge is 0.419 e. The highest BCUT2D eigenvalue weighted by atomic mass is 16.4. The van der Waals surface area contributed by atoms with E-state index in [2.05, 4.69) is 15.5 Å². The van der Waals surface area contributed by atoms with E-state index < -0.39 is 0 Å². The SMILES string of the molecule is Cc1cccc(-c2nnc([C@@H](C)N(C)CC(=O)NC(C)C)o2)c1. The van der Waals surface area contributed by atoms with E-state index in [0.29, 0.717) is 11.8 Å². The molecular formula is C17H24N4O2. The summed E-state index contributed by atoms with van der Waals surface area (Å²) in [6.45, 7) is 8.11. The smallest absolute Gasteiger partial charge is 0.247 e. The maximum Gasteiger partial charge on any atom is 0.247 e. The molecule has 0 unspecified atom stereocenters. The van der Waals surface area contributed by atoms with Crippen molar-refractivity contribution in [1.29, 1.82) is 0 Å². The van der Waals surface area contributed by atoms with Crippen molar-refractivity contribution >= 4 is 5.91 Å². The predicted molar refractivity (Wildman–Crippen MR) is 88.8 cm³/mol. The normalized spacial score (nSPS) is 12.7. The summed E-state index contributed by atoms with van der Waals surface area (Å²) in [6.07, 6.45) is 0. The predicted octanol–water partition coefficient (Wildman–Crippen LogP) is 2.56. The Morgan fingerprint density at radius 2 is 2.04 bits per heavy atom. The molecule has 0 fully saturated rings.